The SMILES string of the molecule is CCOc1ccc(-n2c(SCC(=O)N/N=C(/C)c3cccs3)nnc2-c2cccnc2)cc1. The number of rotatable bonds is 9. The number of pyridine rings is 1. The predicted molar refractivity (Wildman–Crippen MR) is 131 cm³/mol. The zero-order valence-corrected chi connectivity index (χ0v) is 19.8. The van der Waals surface area contributed by atoms with Crippen LogP contribution < -0.4 is 10.2 Å². The first kappa shape index (κ1) is 22.7. The molecule has 8 nitrogen and oxygen atoms in total. The normalized spacial score (nSPS) is 11.4. The van der Waals surface area contributed by atoms with Gasteiger partial charge in [-0.3, -0.25) is 14.3 Å². The maximum absolute atomic E-state index is 12.4. The van der Waals surface area contributed by atoms with Crippen molar-refractivity contribution in [2.24, 2.45) is 5.10 Å². The molecule has 0 radical (unpaired) electrons. The van der Waals surface area contributed by atoms with Crippen LogP contribution in [0.3, 0.4) is 0 Å². The van der Waals surface area contributed by atoms with Crippen LogP contribution >= 0.6 is 23.1 Å². The summed E-state index contributed by atoms with van der Waals surface area (Å²) in [5, 5.41) is 15.5. The van der Waals surface area contributed by atoms with E-state index >= 15 is 0 Å². The highest BCUT2D eigenvalue weighted by Gasteiger charge is 2.17. The van der Waals surface area contributed by atoms with Gasteiger partial charge in [0.05, 0.1) is 18.1 Å². The molecule has 0 aliphatic heterocycles. The van der Waals surface area contributed by atoms with E-state index in [9.17, 15) is 4.79 Å². The highest BCUT2D eigenvalue weighted by molar-refractivity contribution is 7.99. The van der Waals surface area contributed by atoms with E-state index < -0.39 is 0 Å². The Morgan fingerprint density at radius 3 is 2.73 bits per heavy atom. The molecule has 3 aromatic heterocycles. The number of carbonyl (C=O) groups is 1. The average molecular weight is 479 g/mol. The molecule has 0 atom stereocenters. The van der Waals surface area contributed by atoms with Crippen molar-refractivity contribution in [2.75, 3.05) is 12.4 Å². The number of hydrogen-bond donors (Lipinski definition) is 1. The Morgan fingerprint density at radius 2 is 2.03 bits per heavy atom. The fourth-order valence-corrected chi connectivity index (χ4v) is 4.41. The summed E-state index contributed by atoms with van der Waals surface area (Å²) in [6, 6.07) is 15.4. The van der Waals surface area contributed by atoms with E-state index in [1.807, 2.05) is 72.3 Å². The largest absolute Gasteiger partial charge is 0.494 e. The summed E-state index contributed by atoms with van der Waals surface area (Å²) in [6.45, 7) is 4.40. The summed E-state index contributed by atoms with van der Waals surface area (Å²) < 4.78 is 7.46. The summed E-state index contributed by atoms with van der Waals surface area (Å²) in [6.07, 6.45) is 3.44. The zero-order valence-electron chi connectivity index (χ0n) is 18.1. The monoisotopic (exact) mass is 478 g/mol. The Bertz CT molecular complexity index is 1220. The van der Waals surface area contributed by atoms with E-state index in [4.69, 9.17) is 4.74 Å². The zero-order chi connectivity index (χ0) is 23.0. The lowest BCUT2D eigenvalue weighted by molar-refractivity contribution is -0.118. The number of nitrogens with zero attached hydrogens (tertiary/aromatic N) is 5. The van der Waals surface area contributed by atoms with Gasteiger partial charge >= 0.3 is 0 Å². The molecule has 0 unspecified atom stereocenters. The van der Waals surface area contributed by atoms with Crippen LogP contribution in [0.5, 0.6) is 5.75 Å². The molecule has 0 bridgehead atoms. The first-order valence-corrected chi connectivity index (χ1v) is 12.1. The van der Waals surface area contributed by atoms with Crippen LogP contribution in [-0.2, 0) is 4.79 Å². The Morgan fingerprint density at radius 1 is 1.18 bits per heavy atom. The van der Waals surface area contributed by atoms with Crippen LogP contribution in [0.15, 0.2) is 76.6 Å². The first-order valence-electron chi connectivity index (χ1n) is 10.2. The average Bonchev–Trinajstić information content (AvgIpc) is 3.53. The summed E-state index contributed by atoms with van der Waals surface area (Å²) in [7, 11) is 0. The molecule has 1 amide bonds. The molecular weight excluding hydrogens is 456 g/mol. The molecule has 4 rings (SSSR count). The molecule has 0 saturated heterocycles. The van der Waals surface area contributed by atoms with Gasteiger partial charge in [-0.25, -0.2) is 5.43 Å². The lowest BCUT2D eigenvalue weighted by atomic mass is 10.2. The molecule has 0 spiro atoms. The maximum Gasteiger partial charge on any atom is 0.250 e. The van der Waals surface area contributed by atoms with Crippen molar-refractivity contribution in [3.05, 3.63) is 71.2 Å². The topological polar surface area (TPSA) is 94.3 Å². The van der Waals surface area contributed by atoms with E-state index in [2.05, 4.69) is 25.7 Å². The van der Waals surface area contributed by atoms with Gasteiger partial charge in [0.15, 0.2) is 11.0 Å². The number of thiophene rings is 1. The van der Waals surface area contributed by atoms with Crippen molar-refractivity contribution in [2.45, 2.75) is 19.0 Å². The van der Waals surface area contributed by atoms with Gasteiger partial charge in [-0.1, -0.05) is 17.8 Å². The van der Waals surface area contributed by atoms with Crippen molar-refractivity contribution < 1.29 is 9.53 Å². The van der Waals surface area contributed by atoms with Crippen molar-refractivity contribution in [1.29, 1.82) is 0 Å². The van der Waals surface area contributed by atoms with Gasteiger partial charge < -0.3 is 4.74 Å². The molecule has 0 aliphatic rings. The summed E-state index contributed by atoms with van der Waals surface area (Å²) >= 11 is 2.86. The number of aromatic nitrogens is 4. The quantitative estimate of drug-likeness (QED) is 0.217. The second-order valence-corrected chi connectivity index (χ2v) is 8.70. The lowest BCUT2D eigenvalue weighted by Gasteiger charge is -2.11. The third kappa shape index (κ3) is 5.65. The molecule has 33 heavy (non-hydrogen) atoms. The second kappa shape index (κ2) is 10.9. The van der Waals surface area contributed by atoms with Crippen LogP contribution in [0.2, 0.25) is 0 Å². The van der Waals surface area contributed by atoms with Gasteiger partial charge in [0, 0.05) is 28.5 Å². The summed E-state index contributed by atoms with van der Waals surface area (Å²) in [4.78, 5) is 17.6. The van der Waals surface area contributed by atoms with E-state index in [1.54, 1.807) is 23.7 Å². The number of carbonyl (C=O) groups excluding carboxylic acids is 1. The van der Waals surface area contributed by atoms with Gasteiger partial charge in [-0.15, -0.1) is 21.5 Å². The Hall–Kier alpha value is -3.50. The Labute approximate surface area is 199 Å². The predicted octanol–water partition coefficient (Wildman–Crippen LogP) is 4.42. The third-order valence-electron chi connectivity index (χ3n) is 4.52. The standard InChI is InChI=1S/C23H22N6O2S2/c1-3-31-19-10-8-18(9-11-19)29-22(17-6-4-12-24-14-17)27-28-23(29)33-15-21(30)26-25-16(2)20-7-5-13-32-20/h4-14H,3,15H2,1-2H3,(H,26,30)/b25-16-. The molecule has 10 heteroatoms. The number of amides is 1. The van der Waals surface area contributed by atoms with Gasteiger partial charge in [-0.2, -0.15) is 5.10 Å². The van der Waals surface area contributed by atoms with Crippen molar-refractivity contribution >= 4 is 34.7 Å². The molecular formula is C23H22N6O2S2. The maximum atomic E-state index is 12.4. The van der Waals surface area contributed by atoms with Crippen LogP contribution in [0.25, 0.3) is 17.1 Å². The Kier molecular flexibility index (Phi) is 7.48. The van der Waals surface area contributed by atoms with Crippen molar-refractivity contribution in [1.82, 2.24) is 25.2 Å². The molecule has 0 saturated carbocycles. The number of nitrogens with one attached hydrogen (secondary N) is 1. The van der Waals surface area contributed by atoms with Crippen molar-refractivity contribution in [3.63, 3.8) is 0 Å². The van der Waals surface area contributed by atoms with E-state index in [-0.39, 0.29) is 11.7 Å². The van der Waals surface area contributed by atoms with Crippen LogP contribution in [0.1, 0.15) is 18.7 Å². The van der Waals surface area contributed by atoms with Crippen LogP contribution in [0, 0.1) is 0 Å². The fourth-order valence-electron chi connectivity index (χ4n) is 2.98. The number of ether oxygens (including phenoxy) is 1. The van der Waals surface area contributed by atoms with Crippen LogP contribution in [0.4, 0.5) is 0 Å². The number of hydrogen-bond acceptors (Lipinski definition) is 8. The van der Waals surface area contributed by atoms with E-state index in [0.717, 1.165) is 27.6 Å². The van der Waals surface area contributed by atoms with Gasteiger partial charge in [0.25, 0.3) is 5.91 Å². The smallest absolute Gasteiger partial charge is 0.250 e. The number of thioether (sulfide) groups is 1. The second-order valence-electron chi connectivity index (χ2n) is 6.81. The van der Waals surface area contributed by atoms with Gasteiger partial charge in [-0.05, 0) is 61.7 Å². The van der Waals surface area contributed by atoms with Crippen molar-refractivity contribution in [3.8, 4) is 22.8 Å². The molecule has 3 heterocycles. The molecule has 0 aliphatic carbocycles. The summed E-state index contributed by atoms with van der Waals surface area (Å²) in [5.74, 6) is 1.34. The van der Waals surface area contributed by atoms with Gasteiger partial charge in [0.2, 0.25) is 0 Å². The molecule has 1 aromatic carbocycles. The minimum Gasteiger partial charge on any atom is -0.494 e. The summed E-state index contributed by atoms with van der Waals surface area (Å²) in [5.41, 5.74) is 5.06. The highest BCUT2D eigenvalue weighted by Crippen LogP contribution is 2.28. The van der Waals surface area contributed by atoms with E-state index in [0.29, 0.717) is 17.6 Å². The first-order chi connectivity index (χ1) is 16.2. The number of hydrazone groups is 1. The molecule has 4 aromatic rings. The minimum atomic E-state index is -0.222. The molecule has 1 N–H and O–H groups in total. The third-order valence-corrected chi connectivity index (χ3v) is 6.43. The lowest BCUT2D eigenvalue weighted by Crippen LogP contribution is -2.21. The fraction of sp³-hybridized carbons (Fsp3) is 0.174. The highest BCUT2D eigenvalue weighted by atomic mass is 32.2. The minimum absolute atomic E-state index is 0.142. The number of benzene rings is 1. The molecule has 168 valence electrons. The van der Waals surface area contributed by atoms with Crippen LogP contribution in [-0.4, -0.2) is 43.7 Å². The molecule has 0 fully saturated rings. The van der Waals surface area contributed by atoms with E-state index in [1.165, 1.54) is 11.8 Å². The van der Waals surface area contributed by atoms with Gasteiger partial charge in [0.1, 0.15) is 5.75 Å². The Balaban J connectivity index is 1.54.